The van der Waals surface area contributed by atoms with Gasteiger partial charge in [-0.05, 0) is 51.5 Å². The molecule has 4 heteroatoms. The number of halogens is 2. The van der Waals surface area contributed by atoms with Crippen LogP contribution >= 0.6 is 49.9 Å². The maximum absolute atomic E-state index is 10.9. The standard InChI is InChI=1S/C6H4BrIOS/c1-3(9)6-4(7)2-5(8)10-6/h2H,1H3. The van der Waals surface area contributed by atoms with Gasteiger partial charge >= 0.3 is 0 Å². The van der Waals surface area contributed by atoms with Gasteiger partial charge in [-0.1, -0.05) is 0 Å². The molecule has 0 aliphatic rings. The van der Waals surface area contributed by atoms with Crippen LogP contribution in [0.5, 0.6) is 0 Å². The summed E-state index contributed by atoms with van der Waals surface area (Å²) in [6.07, 6.45) is 0. The first-order valence-electron chi connectivity index (χ1n) is 2.57. The monoisotopic (exact) mass is 330 g/mol. The minimum atomic E-state index is 0.125. The Morgan fingerprint density at radius 2 is 2.40 bits per heavy atom. The molecular weight excluding hydrogens is 327 g/mol. The second-order valence-corrected chi connectivity index (χ2v) is 5.58. The van der Waals surface area contributed by atoms with Gasteiger partial charge in [0, 0.05) is 4.47 Å². The largest absolute Gasteiger partial charge is 0.294 e. The molecule has 1 nitrogen and oxygen atoms in total. The molecule has 0 atom stereocenters. The molecule has 10 heavy (non-hydrogen) atoms. The van der Waals surface area contributed by atoms with Crippen molar-refractivity contribution < 1.29 is 4.79 Å². The SMILES string of the molecule is CC(=O)c1sc(I)cc1Br. The van der Waals surface area contributed by atoms with Gasteiger partial charge in [0.25, 0.3) is 0 Å². The molecule has 0 aliphatic heterocycles. The molecule has 0 spiro atoms. The van der Waals surface area contributed by atoms with Crippen LogP contribution in [0, 0.1) is 2.88 Å². The Hall–Kier alpha value is 0.580. The summed E-state index contributed by atoms with van der Waals surface area (Å²) in [6.45, 7) is 1.58. The lowest BCUT2D eigenvalue weighted by Gasteiger charge is -1.85. The zero-order chi connectivity index (χ0) is 7.72. The number of carbonyl (C=O) groups excluding carboxylic acids is 1. The zero-order valence-electron chi connectivity index (χ0n) is 5.15. The number of hydrogen-bond donors (Lipinski definition) is 0. The van der Waals surface area contributed by atoms with Crippen LogP contribution in [-0.4, -0.2) is 5.78 Å². The summed E-state index contributed by atoms with van der Waals surface area (Å²) in [6, 6.07) is 1.95. The van der Waals surface area contributed by atoms with Crippen LogP contribution in [0.15, 0.2) is 10.5 Å². The normalized spacial score (nSPS) is 9.90. The van der Waals surface area contributed by atoms with E-state index >= 15 is 0 Å². The highest BCUT2D eigenvalue weighted by molar-refractivity contribution is 14.1. The summed E-state index contributed by atoms with van der Waals surface area (Å²) in [4.78, 5) is 11.7. The summed E-state index contributed by atoms with van der Waals surface area (Å²) in [7, 11) is 0. The summed E-state index contributed by atoms with van der Waals surface area (Å²) < 4.78 is 2.05. The first-order valence-corrected chi connectivity index (χ1v) is 5.26. The highest BCUT2D eigenvalue weighted by atomic mass is 127. The molecular formula is C6H4BrIOS. The summed E-state index contributed by atoms with van der Waals surface area (Å²) in [5.74, 6) is 0.125. The lowest BCUT2D eigenvalue weighted by molar-refractivity contribution is 0.102. The van der Waals surface area contributed by atoms with E-state index in [1.807, 2.05) is 6.07 Å². The maximum Gasteiger partial charge on any atom is 0.170 e. The Morgan fingerprint density at radius 3 is 2.60 bits per heavy atom. The van der Waals surface area contributed by atoms with Gasteiger partial charge in [0.05, 0.1) is 7.76 Å². The molecule has 0 saturated carbocycles. The third-order valence-corrected chi connectivity index (χ3v) is 3.86. The van der Waals surface area contributed by atoms with Crippen molar-refractivity contribution in [1.29, 1.82) is 0 Å². The molecule has 1 aromatic heterocycles. The van der Waals surface area contributed by atoms with Gasteiger partial charge in [-0.15, -0.1) is 11.3 Å². The molecule has 0 unspecified atom stereocenters. The lowest BCUT2D eigenvalue weighted by Crippen LogP contribution is -1.85. The van der Waals surface area contributed by atoms with Crippen molar-refractivity contribution in [2.24, 2.45) is 0 Å². The number of Topliss-reactive ketones (excluding diaryl/α,β-unsaturated/α-hetero) is 1. The number of thiophene rings is 1. The van der Waals surface area contributed by atoms with Crippen LogP contribution in [0.1, 0.15) is 16.6 Å². The lowest BCUT2D eigenvalue weighted by atomic mass is 10.4. The Kier molecular flexibility index (Phi) is 2.88. The molecule has 0 bridgehead atoms. The fraction of sp³-hybridized carbons (Fsp3) is 0.167. The van der Waals surface area contributed by atoms with Crippen LogP contribution < -0.4 is 0 Å². The van der Waals surface area contributed by atoms with Crippen LogP contribution in [0.3, 0.4) is 0 Å². The van der Waals surface area contributed by atoms with Crippen molar-refractivity contribution >= 4 is 55.6 Å². The van der Waals surface area contributed by atoms with Gasteiger partial charge in [-0.25, -0.2) is 0 Å². The highest BCUT2D eigenvalue weighted by Crippen LogP contribution is 2.28. The Morgan fingerprint density at radius 1 is 1.80 bits per heavy atom. The van der Waals surface area contributed by atoms with Crippen LogP contribution in [0.25, 0.3) is 0 Å². The van der Waals surface area contributed by atoms with E-state index in [2.05, 4.69) is 38.5 Å². The second kappa shape index (κ2) is 3.32. The van der Waals surface area contributed by atoms with Gasteiger partial charge in [0.1, 0.15) is 0 Å². The van der Waals surface area contributed by atoms with E-state index in [1.165, 1.54) is 11.3 Å². The van der Waals surface area contributed by atoms with Gasteiger partial charge in [-0.2, -0.15) is 0 Å². The number of carbonyl (C=O) groups is 1. The van der Waals surface area contributed by atoms with Gasteiger partial charge < -0.3 is 0 Å². The van der Waals surface area contributed by atoms with E-state index in [1.54, 1.807) is 6.92 Å². The number of rotatable bonds is 1. The van der Waals surface area contributed by atoms with Crippen LogP contribution in [0.4, 0.5) is 0 Å². The first-order chi connectivity index (χ1) is 4.61. The average molecular weight is 331 g/mol. The smallest absolute Gasteiger partial charge is 0.170 e. The molecule has 1 aromatic rings. The predicted molar refractivity (Wildman–Crippen MR) is 54.7 cm³/mol. The third kappa shape index (κ3) is 1.79. The van der Waals surface area contributed by atoms with Gasteiger partial charge in [0.2, 0.25) is 0 Å². The fourth-order valence-electron chi connectivity index (χ4n) is 0.581. The second-order valence-electron chi connectivity index (χ2n) is 1.78. The molecule has 0 amide bonds. The molecule has 0 N–H and O–H groups in total. The van der Waals surface area contributed by atoms with Crippen molar-refractivity contribution in [3.05, 3.63) is 18.3 Å². The third-order valence-electron chi connectivity index (χ3n) is 0.976. The van der Waals surface area contributed by atoms with Crippen LogP contribution in [0.2, 0.25) is 0 Å². The highest BCUT2D eigenvalue weighted by Gasteiger charge is 2.08. The number of hydrogen-bond acceptors (Lipinski definition) is 2. The molecule has 1 heterocycles. The molecule has 0 radical (unpaired) electrons. The van der Waals surface area contributed by atoms with Crippen molar-refractivity contribution in [3.63, 3.8) is 0 Å². The van der Waals surface area contributed by atoms with E-state index in [9.17, 15) is 4.79 Å². The molecule has 0 saturated heterocycles. The Labute approximate surface area is 85.1 Å². The van der Waals surface area contributed by atoms with Crippen molar-refractivity contribution in [1.82, 2.24) is 0 Å². The zero-order valence-corrected chi connectivity index (χ0v) is 9.71. The number of ketones is 1. The van der Waals surface area contributed by atoms with E-state index in [-0.39, 0.29) is 5.78 Å². The Balaban J connectivity index is 3.15. The predicted octanol–water partition coefficient (Wildman–Crippen LogP) is 3.32. The first kappa shape index (κ1) is 8.67. The topological polar surface area (TPSA) is 17.1 Å². The van der Waals surface area contributed by atoms with Crippen LogP contribution in [-0.2, 0) is 0 Å². The van der Waals surface area contributed by atoms with Gasteiger partial charge in [0.15, 0.2) is 5.78 Å². The molecule has 0 aliphatic carbocycles. The van der Waals surface area contributed by atoms with E-state index in [0.29, 0.717) is 0 Å². The quantitative estimate of drug-likeness (QED) is 0.570. The Bertz CT molecular complexity index is 269. The molecule has 0 fully saturated rings. The molecule has 54 valence electrons. The van der Waals surface area contributed by atoms with E-state index in [4.69, 9.17) is 0 Å². The maximum atomic E-state index is 10.9. The summed E-state index contributed by atoms with van der Waals surface area (Å²) in [5, 5.41) is 0. The minimum Gasteiger partial charge on any atom is -0.294 e. The van der Waals surface area contributed by atoms with Crippen molar-refractivity contribution in [2.45, 2.75) is 6.92 Å². The molecule has 0 aromatic carbocycles. The summed E-state index contributed by atoms with van der Waals surface area (Å²) >= 11 is 7.01. The van der Waals surface area contributed by atoms with Crippen molar-refractivity contribution in [2.75, 3.05) is 0 Å². The molecule has 1 rings (SSSR count). The van der Waals surface area contributed by atoms with E-state index in [0.717, 1.165) is 12.2 Å². The summed E-state index contributed by atoms with van der Waals surface area (Å²) in [5.41, 5.74) is 0. The fourth-order valence-corrected chi connectivity index (χ4v) is 3.56. The van der Waals surface area contributed by atoms with E-state index < -0.39 is 0 Å². The van der Waals surface area contributed by atoms with Crippen molar-refractivity contribution in [3.8, 4) is 0 Å². The average Bonchev–Trinajstić information content (AvgIpc) is 2.10. The minimum absolute atomic E-state index is 0.125. The van der Waals surface area contributed by atoms with Gasteiger partial charge in [-0.3, -0.25) is 4.79 Å².